The third-order valence-corrected chi connectivity index (χ3v) is 6.43. The summed E-state index contributed by atoms with van der Waals surface area (Å²) in [7, 11) is 0. The van der Waals surface area contributed by atoms with Gasteiger partial charge < -0.3 is 5.11 Å². The summed E-state index contributed by atoms with van der Waals surface area (Å²) >= 11 is 1.59. The number of carbonyl (C=O) groups excluding carboxylic acids is 2. The van der Waals surface area contributed by atoms with E-state index in [9.17, 15) is 14.7 Å². The Balaban J connectivity index is 2.98. The first-order valence-electron chi connectivity index (χ1n) is 9.52. The first-order valence-corrected chi connectivity index (χ1v) is 10.6. The molecule has 1 aliphatic carbocycles. The van der Waals surface area contributed by atoms with E-state index in [0.29, 0.717) is 0 Å². The van der Waals surface area contributed by atoms with Crippen molar-refractivity contribution in [3.8, 4) is 0 Å². The van der Waals surface area contributed by atoms with E-state index in [1.807, 2.05) is 6.92 Å². The van der Waals surface area contributed by atoms with Gasteiger partial charge in [-0.25, -0.2) is 0 Å². The molecule has 0 aliphatic heterocycles. The van der Waals surface area contributed by atoms with Crippen molar-refractivity contribution in [2.75, 3.05) is 0 Å². The monoisotopic (exact) mass is 476 g/mol. The lowest BCUT2D eigenvalue weighted by Crippen LogP contribution is -2.37. The quantitative estimate of drug-likeness (QED) is 0.221. The van der Waals surface area contributed by atoms with E-state index < -0.39 is 9.53 Å². The molecule has 0 amide bonds. The average Bonchev–Trinajstić information content (AvgIpc) is 2.55. The Labute approximate surface area is 173 Å². The fourth-order valence-corrected chi connectivity index (χ4v) is 5.88. The van der Waals surface area contributed by atoms with Crippen LogP contribution in [-0.2, 0) is 9.59 Å². The van der Waals surface area contributed by atoms with Crippen molar-refractivity contribution < 1.29 is 14.7 Å². The Hall–Kier alpha value is -0.230. The SMILES string of the molecule is C=C(C)C(CC(C)(C)CC(C)(C)CC(C)(C)C)C1CC(=O)C(O)(I)C1=O. The second-order valence-corrected chi connectivity index (χ2v) is 12.7. The molecular formula is C22H37IO3. The third kappa shape index (κ3) is 6.15. The van der Waals surface area contributed by atoms with Gasteiger partial charge in [-0.15, -0.1) is 0 Å². The fraction of sp³-hybridized carbons (Fsp3) is 0.818. The van der Waals surface area contributed by atoms with Crippen molar-refractivity contribution >= 4 is 34.2 Å². The minimum absolute atomic E-state index is 0.00761. The largest absolute Gasteiger partial charge is 0.367 e. The zero-order valence-corrected chi connectivity index (χ0v) is 20.0. The summed E-state index contributed by atoms with van der Waals surface area (Å²) in [5, 5.41) is 10.2. The number of halogens is 1. The summed E-state index contributed by atoms with van der Waals surface area (Å²) < 4.78 is -1.86. The Morgan fingerprint density at radius 1 is 1.15 bits per heavy atom. The summed E-state index contributed by atoms with van der Waals surface area (Å²) in [5.74, 6) is -1.24. The number of alkyl halides is 1. The predicted octanol–water partition coefficient (Wildman–Crippen LogP) is 5.73. The highest BCUT2D eigenvalue weighted by Crippen LogP contribution is 2.48. The Bertz CT molecular complexity index is 579. The van der Waals surface area contributed by atoms with Crippen molar-refractivity contribution in [3.63, 3.8) is 0 Å². The molecule has 0 heterocycles. The van der Waals surface area contributed by atoms with E-state index in [1.165, 1.54) is 0 Å². The van der Waals surface area contributed by atoms with E-state index in [0.717, 1.165) is 24.8 Å². The minimum Gasteiger partial charge on any atom is -0.367 e. The highest BCUT2D eigenvalue weighted by Gasteiger charge is 2.54. The van der Waals surface area contributed by atoms with Crippen molar-refractivity contribution in [2.45, 2.75) is 84.7 Å². The molecular weight excluding hydrogens is 439 g/mol. The molecule has 1 rings (SSSR count). The number of Topliss-reactive ketones (excluding diaryl/α,β-unsaturated/α-hetero) is 2. The van der Waals surface area contributed by atoms with Crippen LogP contribution in [0.3, 0.4) is 0 Å². The molecule has 150 valence electrons. The lowest BCUT2D eigenvalue weighted by Gasteiger charge is -2.41. The summed E-state index contributed by atoms with van der Waals surface area (Å²) in [6.45, 7) is 21.9. The van der Waals surface area contributed by atoms with Crippen LogP contribution in [0.5, 0.6) is 0 Å². The van der Waals surface area contributed by atoms with Gasteiger partial charge in [0.15, 0.2) is 11.6 Å². The summed E-state index contributed by atoms with van der Waals surface area (Å²) in [6.07, 6.45) is 3.07. The van der Waals surface area contributed by atoms with Crippen LogP contribution in [0.1, 0.15) is 81.1 Å². The standard InChI is InChI=1S/C22H37IO3/c1-14(2)16(15-10-17(24)22(23,26)18(15)25)11-20(6,7)13-21(8,9)12-19(3,4)5/h15-16,26H,1,10-13H2,2-9H3. The molecule has 1 N–H and O–H groups in total. The predicted molar refractivity (Wildman–Crippen MR) is 116 cm³/mol. The van der Waals surface area contributed by atoms with E-state index in [1.54, 1.807) is 22.6 Å². The minimum atomic E-state index is -1.86. The molecule has 0 radical (unpaired) electrons. The number of carbonyl (C=O) groups is 2. The number of aliphatic hydroxyl groups is 1. The maximum atomic E-state index is 12.6. The zero-order valence-electron chi connectivity index (χ0n) is 17.8. The fourth-order valence-electron chi connectivity index (χ4n) is 5.26. The molecule has 0 aromatic carbocycles. The molecule has 1 aliphatic rings. The van der Waals surface area contributed by atoms with E-state index in [4.69, 9.17) is 0 Å². The van der Waals surface area contributed by atoms with Gasteiger partial charge in [0.2, 0.25) is 3.61 Å². The molecule has 1 saturated carbocycles. The molecule has 0 spiro atoms. The van der Waals surface area contributed by atoms with Crippen LogP contribution in [0, 0.1) is 28.1 Å². The van der Waals surface area contributed by atoms with Crippen molar-refractivity contribution in [1.29, 1.82) is 0 Å². The lowest BCUT2D eigenvalue weighted by molar-refractivity contribution is -0.135. The summed E-state index contributed by atoms with van der Waals surface area (Å²) in [6, 6.07) is 0. The Kier molecular flexibility index (Phi) is 7.01. The first kappa shape index (κ1) is 23.8. The molecule has 0 saturated heterocycles. The molecule has 3 atom stereocenters. The van der Waals surface area contributed by atoms with Gasteiger partial charge in [0.05, 0.1) is 0 Å². The maximum Gasteiger partial charge on any atom is 0.233 e. The lowest BCUT2D eigenvalue weighted by atomic mass is 9.64. The van der Waals surface area contributed by atoms with Gasteiger partial charge in [-0.3, -0.25) is 9.59 Å². The number of hydrogen-bond acceptors (Lipinski definition) is 3. The number of rotatable bonds is 7. The van der Waals surface area contributed by atoms with Gasteiger partial charge in [0.25, 0.3) is 0 Å². The highest BCUT2D eigenvalue weighted by molar-refractivity contribution is 14.1. The van der Waals surface area contributed by atoms with Crippen LogP contribution in [0.25, 0.3) is 0 Å². The molecule has 0 aromatic rings. The van der Waals surface area contributed by atoms with E-state index >= 15 is 0 Å². The van der Waals surface area contributed by atoms with Gasteiger partial charge in [0, 0.05) is 12.3 Å². The van der Waals surface area contributed by atoms with Crippen molar-refractivity contribution in [3.05, 3.63) is 12.2 Å². The zero-order chi connectivity index (χ0) is 20.7. The molecule has 3 unspecified atom stereocenters. The molecule has 0 bridgehead atoms. The molecule has 3 nitrogen and oxygen atoms in total. The molecule has 1 fully saturated rings. The van der Waals surface area contributed by atoms with Crippen LogP contribution in [0.15, 0.2) is 12.2 Å². The second-order valence-electron chi connectivity index (χ2n) is 11.1. The topological polar surface area (TPSA) is 54.4 Å². The summed E-state index contributed by atoms with van der Waals surface area (Å²) in [4.78, 5) is 24.7. The number of hydrogen-bond donors (Lipinski definition) is 1. The van der Waals surface area contributed by atoms with Gasteiger partial charge >= 0.3 is 0 Å². The van der Waals surface area contributed by atoms with Gasteiger partial charge in [-0.05, 0) is 70.9 Å². The smallest absolute Gasteiger partial charge is 0.233 e. The van der Waals surface area contributed by atoms with E-state index in [-0.39, 0.29) is 40.2 Å². The number of ketones is 2. The number of allylic oxidation sites excluding steroid dienone is 1. The van der Waals surface area contributed by atoms with Gasteiger partial charge in [-0.1, -0.05) is 60.6 Å². The van der Waals surface area contributed by atoms with Crippen LogP contribution < -0.4 is 0 Å². The Morgan fingerprint density at radius 2 is 1.65 bits per heavy atom. The van der Waals surface area contributed by atoms with Crippen molar-refractivity contribution in [2.24, 2.45) is 28.1 Å². The van der Waals surface area contributed by atoms with Crippen LogP contribution in [-0.4, -0.2) is 20.3 Å². The van der Waals surface area contributed by atoms with Crippen LogP contribution >= 0.6 is 22.6 Å². The van der Waals surface area contributed by atoms with Gasteiger partial charge in [0.1, 0.15) is 0 Å². The van der Waals surface area contributed by atoms with E-state index in [2.05, 4.69) is 55.0 Å². The molecule has 4 heteroatoms. The van der Waals surface area contributed by atoms with Crippen LogP contribution in [0.4, 0.5) is 0 Å². The third-order valence-electron chi connectivity index (χ3n) is 5.30. The van der Waals surface area contributed by atoms with Crippen molar-refractivity contribution in [1.82, 2.24) is 0 Å². The second kappa shape index (κ2) is 7.65. The average molecular weight is 476 g/mol. The highest BCUT2D eigenvalue weighted by atomic mass is 127. The first-order chi connectivity index (χ1) is 11.4. The molecule has 0 aromatic heterocycles. The summed E-state index contributed by atoms with van der Waals surface area (Å²) in [5.41, 5.74) is 1.37. The Morgan fingerprint density at radius 3 is 2.00 bits per heavy atom. The molecule has 26 heavy (non-hydrogen) atoms. The van der Waals surface area contributed by atoms with Crippen LogP contribution in [0.2, 0.25) is 0 Å². The normalized spacial score (nSPS) is 26.3. The maximum absolute atomic E-state index is 12.6. The van der Waals surface area contributed by atoms with Gasteiger partial charge in [-0.2, -0.15) is 0 Å².